The molecule has 0 saturated heterocycles. The zero-order valence-corrected chi connectivity index (χ0v) is 9.41. The zero-order valence-electron chi connectivity index (χ0n) is 9.41. The van der Waals surface area contributed by atoms with Crippen molar-refractivity contribution in [2.75, 3.05) is 6.61 Å². The third kappa shape index (κ3) is 2.52. The SMILES string of the molecule is CC(C)(C)Oc1ccc2c(c1)OCC=C2. The standard InChI is InChI=1S/C13H16O2/c1-13(2,3)15-11-7-6-10-5-4-8-14-12(10)9-11/h4-7,9H,8H2,1-3H3. The average Bonchev–Trinajstić information content (AvgIpc) is 2.15. The van der Waals surface area contributed by atoms with Crippen LogP contribution in [0.4, 0.5) is 0 Å². The van der Waals surface area contributed by atoms with Gasteiger partial charge < -0.3 is 9.47 Å². The fourth-order valence-electron chi connectivity index (χ4n) is 1.51. The molecule has 0 aliphatic carbocycles. The molecule has 0 aromatic heterocycles. The van der Waals surface area contributed by atoms with Gasteiger partial charge in [0.2, 0.25) is 0 Å². The first kappa shape index (κ1) is 10.1. The lowest BCUT2D eigenvalue weighted by molar-refractivity contribution is 0.130. The van der Waals surface area contributed by atoms with Gasteiger partial charge in [-0.25, -0.2) is 0 Å². The van der Waals surface area contributed by atoms with Crippen LogP contribution in [-0.4, -0.2) is 12.2 Å². The highest BCUT2D eigenvalue weighted by Gasteiger charge is 2.13. The molecule has 1 aromatic rings. The van der Waals surface area contributed by atoms with E-state index in [1.54, 1.807) is 0 Å². The van der Waals surface area contributed by atoms with E-state index in [9.17, 15) is 0 Å². The Bertz CT molecular complexity index is 386. The number of fused-ring (bicyclic) bond motifs is 1. The van der Waals surface area contributed by atoms with Gasteiger partial charge in [-0.2, -0.15) is 0 Å². The second-order valence-electron chi connectivity index (χ2n) is 4.63. The topological polar surface area (TPSA) is 18.5 Å². The number of hydrogen-bond acceptors (Lipinski definition) is 2. The van der Waals surface area contributed by atoms with Crippen molar-refractivity contribution in [1.82, 2.24) is 0 Å². The van der Waals surface area contributed by atoms with Gasteiger partial charge >= 0.3 is 0 Å². The molecule has 0 spiro atoms. The van der Waals surface area contributed by atoms with E-state index < -0.39 is 0 Å². The highest BCUT2D eigenvalue weighted by molar-refractivity contribution is 5.60. The summed E-state index contributed by atoms with van der Waals surface area (Å²) in [5.41, 5.74) is 0.946. The van der Waals surface area contributed by atoms with Crippen molar-refractivity contribution in [3.05, 3.63) is 29.8 Å². The van der Waals surface area contributed by atoms with Crippen molar-refractivity contribution in [2.24, 2.45) is 0 Å². The Morgan fingerprint density at radius 1 is 1.27 bits per heavy atom. The Kier molecular flexibility index (Phi) is 2.43. The normalized spacial score (nSPS) is 14.3. The average molecular weight is 204 g/mol. The van der Waals surface area contributed by atoms with Crippen molar-refractivity contribution in [1.29, 1.82) is 0 Å². The predicted molar refractivity (Wildman–Crippen MR) is 61.4 cm³/mol. The summed E-state index contributed by atoms with van der Waals surface area (Å²) in [6, 6.07) is 5.94. The van der Waals surface area contributed by atoms with Crippen LogP contribution in [0.25, 0.3) is 6.08 Å². The van der Waals surface area contributed by atoms with Gasteiger partial charge in [-0.3, -0.25) is 0 Å². The van der Waals surface area contributed by atoms with Crippen LogP contribution in [0.3, 0.4) is 0 Å². The van der Waals surface area contributed by atoms with Crippen LogP contribution in [0.15, 0.2) is 24.3 Å². The van der Waals surface area contributed by atoms with Gasteiger partial charge in [-0.1, -0.05) is 6.08 Å². The quantitative estimate of drug-likeness (QED) is 0.699. The third-order valence-corrected chi connectivity index (χ3v) is 2.04. The fourth-order valence-corrected chi connectivity index (χ4v) is 1.51. The molecule has 0 radical (unpaired) electrons. The number of ether oxygens (including phenoxy) is 2. The Morgan fingerprint density at radius 3 is 2.80 bits per heavy atom. The summed E-state index contributed by atoms with van der Waals surface area (Å²) in [5, 5.41) is 0. The summed E-state index contributed by atoms with van der Waals surface area (Å²) in [7, 11) is 0. The van der Waals surface area contributed by atoms with Crippen LogP contribution >= 0.6 is 0 Å². The Balaban J connectivity index is 2.25. The van der Waals surface area contributed by atoms with Gasteiger partial charge in [0.15, 0.2) is 0 Å². The maximum absolute atomic E-state index is 5.76. The van der Waals surface area contributed by atoms with Crippen LogP contribution in [0, 0.1) is 0 Å². The predicted octanol–water partition coefficient (Wildman–Crippen LogP) is 3.27. The molecule has 0 bridgehead atoms. The van der Waals surface area contributed by atoms with E-state index in [0.717, 1.165) is 17.1 Å². The van der Waals surface area contributed by atoms with Crippen molar-refractivity contribution in [3.63, 3.8) is 0 Å². The Morgan fingerprint density at radius 2 is 2.07 bits per heavy atom. The smallest absolute Gasteiger partial charge is 0.130 e. The number of hydrogen-bond donors (Lipinski definition) is 0. The molecule has 80 valence electrons. The van der Waals surface area contributed by atoms with Gasteiger partial charge in [0.05, 0.1) is 0 Å². The van der Waals surface area contributed by atoms with Gasteiger partial charge in [-0.05, 0) is 39.0 Å². The molecular formula is C13H16O2. The van der Waals surface area contributed by atoms with Crippen LogP contribution in [0.2, 0.25) is 0 Å². The molecule has 2 rings (SSSR count). The van der Waals surface area contributed by atoms with Crippen LogP contribution in [0.5, 0.6) is 11.5 Å². The van der Waals surface area contributed by atoms with Gasteiger partial charge in [0, 0.05) is 11.6 Å². The Hall–Kier alpha value is -1.44. The zero-order chi connectivity index (χ0) is 10.9. The summed E-state index contributed by atoms with van der Waals surface area (Å²) in [5.74, 6) is 1.76. The van der Waals surface area contributed by atoms with Crippen LogP contribution in [-0.2, 0) is 0 Å². The summed E-state index contributed by atoms with van der Waals surface area (Å²) in [4.78, 5) is 0. The van der Waals surface area contributed by atoms with Gasteiger partial charge in [0.25, 0.3) is 0 Å². The minimum absolute atomic E-state index is 0.168. The lowest BCUT2D eigenvalue weighted by Crippen LogP contribution is -2.23. The molecule has 15 heavy (non-hydrogen) atoms. The third-order valence-electron chi connectivity index (χ3n) is 2.04. The molecule has 0 atom stereocenters. The molecule has 0 fully saturated rings. The molecule has 1 aromatic carbocycles. The molecule has 1 aliphatic rings. The minimum Gasteiger partial charge on any atom is -0.489 e. The maximum Gasteiger partial charge on any atom is 0.130 e. The second kappa shape index (κ2) is 3.61. The lowest BCUT2D eigenvalue weighted by atomic mass is 10.1. The summed E-state index contributed by atoms with van der Waals surface area (Å²) < 4.78 is 11.3. The first-order chi connectivity index (χ1) is 7.04. The monoisotopic (exact) mass is 204 g/mol. The summed E-state index contributed by atoms with van der Waals surface area (Å²) in [6.07, 6.45) is 4.08. The fraction of sp³-hybridized carbons (Fsp3) is 0.385. The van der Waals surface area contributed by atoms with Crippen LogP contribution < -0.4 is 9.47 Å². The Labute approximate surface area is 90.5 Å². The van der Waals surface area contributed by atoms with Crippen molar-refractivity contribution >= 4 is 6.08 Å². The van der Waals surface area contributed by atoms with E-state index >= 15 is 0 Å². The lowest BCUT2D eigenvalue weighted by Gasteiger charge is -2.22. The second-order valence-corrected chi connectivity index (χ2v) is 4.63. The number of benzene rings is 1. The molecule has 0 N–H and O–H groups in total. The first-order valence-corrected chi connectivity index (χ1v) is 5.17. The van der Waals surface area contributed by atoms with Crippen molar-refractivity contribution < 1.29 is 9.47 Å². The number of rotatable bonds is 1. The highest BCUT2D eigenvalue weighted by atomic mass is 16.5. The first-order valence-electron chi connectivity index (χ1n) is 5.17. The minimum atomic E-state index is -0.168. The van der Waals surface area contributed by atoms with Gasteiger partial charge in [-0.15, -0.1) is 0 Å². The molecule has 0 saturated carbocycles. The molecule has 0 unspecified atom stereocenters. The summed E-state index contributed by atoms with van der Waals surface area (Å²) in [6.45, 7) is 6.75. The van der Waals surface area contributed by atoms with Crippen molar-refractivity contribution in [2.45, 2.75) is 26.4 Å². The van der Waals surface area contributed by atoms with E-state index in [2.05, 4.69) is 6.08 Å². The molecule has 1 heterocycles. The highest BCUT2D eigenvalue weighted by Crippen LogP contribution is 2.29. The summed E-state index contributed by atoms with van der Waals surface area (Å²) >= 11 is 0. The van der Waals surface area contributed by atoms with E-state index in [0.29, 0.717) is 6.61 Å². The molecule has 2 heteroatoms. The van der Waals surface area contributed by atoms with Crippen molar-refractivity contribution in [3.8, 4) is 11.5 Å². The largest absolute Gasteiger partial charge is 0.489 e. The van der Waals surface area contributed by atoms with Crippen LogP contribution in [0.1, 0.15) is 26.3 Å². The van der Waals surface area contributed by atoms with E-state index in [4.69, 9.17) is 9.47 Å². The molecule has 0 amide bonds. The maximum atomic E-state index is 5.76. The van der Waals surface area contributed by atoms with E-state index in [1.165, 1.54) is 0 Å². The van der Waals surface area contributed by atoms with Gasteiger partial charge in [0.1, 0.15) is 23.7 Å². The molecular weight excluding hydrogens is 188 g/mol. The molecule has 1 aliphatic heterocycles. The van der Waals surface area contributed by atoms with E-state index in [1.807, 2.05) is 45.0 Å². The molecule has 2 nitrogen and oxygen atoms in total. The van der Waals surface area contributed by atoms with E-state index in [-0.39, 0.29) is 5.60 Å².